The SMILES string of the molecule is O=C(NCCn1nc(-c2ccncc2)c2c1CCCC2)c1c(F)cccc1Cl. The fraction of sp³-hybridized carbons (Fsp3) is 0.286. The second-order valence-corrected chi connectivity index (χ2v) is 7.20. The summed E-state index contributed by atoms with van der Waals surface area (Å²) in [5.41, 5.74) is 4.41. The molecule has 0 saturated heterocycles. The van der Waals surface area contributed by atoms with Crippen molar-refractivity contribution < 1.29 is 9.18 Å². The standard InChI is InChI=1S/C21H20ClFN4O/c22-16-5-3-6-17(23)19(16)21(28)25-12-13-27-18-7-2-1-4-15(18)20(26-27)14-8-10-24-11-9-14/h3,5-6,8-11H,1-2,4,7,12-13H2,(H,25,28). The highest BCUT2D eigenvalue weighted by molar-refractivity contribution is 6.33. The lowest BCUT2D eigenvalue weighted by Gasteiger charge is -2.14. The molecule has 0 saturated carbocycles. The lowest BCUT2D eigenvalue weighted by molar-refractivity contribution is 0.0948. The third kappa shape index (κ3) is 3.64. The second-order valence-electron chi connectivity index (χ2n) is 6.79. The van der Waals surface area contributed by atoms with Gasteiger partial charge in [0.1, 0.15) is 5.82 Å². The molecule has 0 bridgehead atoms. The van der Waals surface area contributed by atoms with Gasteiger partial charge >= 0.3 is 0 Å². The van der Waals surface area contributed by atoms with Gasteiger partial charge in [-0.05, 0) is 49.9 Å². The van der Waals surface area contributed by atoms with Crippen LogP contribution in [0.15, 0.2) is 42.7 Å². The molecule has 1 amide bonds. The molecule has 0 atom stereocenters. The Morgan fingerprint density at radius 1 is 1.18 bits per heavy atom. The first kappa shape index (κ1) is 18.6. The largest absolute Gasteiger partial charge is 0.350 e. The van der Waals surface area contributed by atoms with Crippen LogP contribution in [0.1, 0.15) is 34.5 Å². The Labute approximate surface area is 167 Å². The summed E-state index contributed by atoms with van der Waals surface area (Å²) in [6.07, 6.45) is 7.79. The van der Waals surface area contributed by atoms with Gasteiger partial charge in [-0.3, -0.25) is 14.5 Å². The molecule has 7 heteroatoms. The topological polar surface area (TPSA) is 59.8 Å². The van der Waals surface area contributed by atoms with Crippen molar-refractivity contribution in [1.29, 1.82) is 0 Å². The van der Waals surface area contributed by atoms with E-state index in [9.17, 15) is 9.18 Å². The summed E-state index contributed by atoms with van der Waals surface area (Å²) < 4.78 is 15.9. The van der Waals surface area contributed by atoms with Gasteiger partial charge < -0.3 is 5.32 Å². The highest BCUT2D eigenvalue weighted by Gasteiger charge is 2.22. The number of benzene rings is 1. The molecule has 0 spiro atoms. The summed E-state index contributed by atoms with van der Waals surface area (Å²) in [6.45, 7) is 0.860. The molecule has 0 fully saturated rings. The molecule has 1 aliphatic rings. The van der Waals surface area contributed by atoms with Crippen molar-refractivity contribution in [3.05, 3.63) is 70.4 Å². The fourth-order valence-corrected chi connectivity index (χ4v) is 3.92. The maximum Gasteiger partial charge on any atom is 0.255 e. The van der Waals surface area contributed by atoms with Crippen molar-refractivity contribution in [2.75, 3.05) is 6.54 Å². The van der Waals surface area contributed by atoms with Gasteiger partial charge in [0.2, 0.25) is 0 Å². The van der Waals surface area contributed by atoms with Crippen molar-refractivity contribution in [2.45, 2.75) is 32.2 Å². The first-order chi connectivity index (χ1) is 13.6. The van der Waals surface area contributed by atoms with Gasteiger partial charge in [-0.25, -0.2) is 4.39 Å². The van der Waals surface area contributed by atoms with Crippen molar-refractivity contribution in [3.8, 4) is 11.3 Å². The Balaban J connectivity index is 1.51. The van der Waals surface area contributed by atoms with Crippen molar-refractivity contribution in [2.24, 2.45) is 0 Å². The van der Waals surface area contributed by atoms with Gasteiger partial charge in [-0.2, -0.15) is 5.10 Å². The number of nitrogens with zero attached hydrogens (tertiary/aromatic N) is 3. The average molecular weight is 399 g/mol. The minimum Gasteiger partial charge on any atom is -0.350 e. The van der Waals surface area contributed by atoms with Crippen molar-refractivity contribution >= 4 is 17.5 Å². The molecular formula is C21H20ClFN4O. The van der Waals surface area contributed by atoms with Gasteiger partial charge in [0, 0.05) is 35.8 Å². The number of hydrogen-bond acceptors (Lipinski definition) is 3. The molecule has 4 rings (SSSR count). The van der Waals surface area contributed by atoms with Crippen molar-refractivity contribution in [1.82, 2.24) is 20.1 Å². The van der Waals surface area contributed by atoms with Gasteiger partial charge in [0.15, 0.2) is 0 Å². The molecule has 5 nitrogen and oxygen atoms in total. The van der Waals surface area contributed by atoms with Crippen LogP contribution in [0.4, 0.5) is 4.39 Å². The molecule has 0 aliphatic heterocycles. The monoisotopic (exact) mass is 398 g/mol. The number of rotatable bonds is 5. The van der Waals surface area contributed by atoms with E-state index in [1.165, 1.54) is 29.5 Å². The number of aromatic nitrogens is 3. The number of nitrogens with one attached hydrogen (secondary N) is 1. The number of fused-ring (bicyclic) bond motifs is 1. The molecule has 1 N–H and O–H groups in total. The molecule has 144 valence electrons. The van der Waals surface area contributed by atoms with E-state index in [-0.39, 0.29) is 10.6 Å². The number of carbonyl (C=O) groups is 1. The van der Waals surface area contributed by atoms with E-state index in [0.29, 0.717) is 13.1 Å². The quantitative estimate of drug-likeness (QED) is 0.705. The van der Waals surface area contributed by atoms with Gasteiger partial charge in [-0.1, -0.05) is 17.7 Å². The van der Waals surface area contributed by atoms with Gasteiger partial charge in [0.05, 0.1) is 22.8 Å². The lowest BCUT2D eigenvalue weighted by Crippen LogP contribution is -2.29. The van der Waals surface area contributed by atoms with Crippen LogP contribution in [0.2, 0.25) is 5.02 Å². The van der Waals surface area contributed by atoms with Crippen LogP contribution in [0, 0.1) is 5.82 Å². The Kier molecular flexibility index (Phi) is 5.39. The number of carbonyl (C=O) groups excluding carboxylic acids is 1. The van der Waals surface area contributed by atoms with E-state index in [4.69, 9.17) is 16.7 Å². The summed E-state index contributed by atoms with van der Waals surface area (Å²) in [4.78, 5) is 16.4. The predicted octanol–water partition coefficient (Wildman–Crippen LogP) is 4.05. The Morgan fingerprint density at radius 2 is 1.96 bits per heavy atom. The molecular weight excluding hydrogens is 379 g/mol. The van der Waals surface area contributed by atoms with E-state index in [0.717, 1.165) is 36.9 Å². The number of pyridine rings is 1. The van der Waals surface area contributed by atoms with Gasteiger partial charge in [-0.15, -0.1) is 0 Å². The fourth-order valence-electron chi connectivity index (χ4n) is 3.68. The van der Waals surface area contributed by atoms with E-state index >= 15 is 0 Å². The minimum absolute atomic E-state index is 0.106. The summed E-state index contributed by atoms with van der Waals surface area (Å²) in [7, 11) is 0. The molecule has 2 heterocycles. The second kappa shape index (κ2) is 8.10. The van der Waals surface area contributed by atoms with E-state index < -0.39 is 11.7 Å². The maximum atomic E-state index is 13.9. The molecule has 2 aromatic heterocycles. The number of halogens is 2. The van der Waals surface area contributed by atoms with E-state index in [2.05, 4.69) is 10.3 Å². The molecule has 1 aliphatic carbocycles. The molecule has 0 unspecified atom stereocenters. The minimum atomic E-state index is -0.624. The van der Waals surface area contributed by atoms with Crippen molar-refractivity contribution in [3.63, 3.8) is 0 Å². The first-order valence-corrected chi connectivity index (χ1v) is 9.74. The molecule has 0 radical (unpaired) electrons. The summed E-state index contributed by atoms with van der Waals surface area (Å²) >= 11 is 5.96. The van der Waals surface area contributed by atoms with Crippen LogP contribution in [0.5, 0.6) is 0 Å². The Hall–Kier alpha value is -2.73. The molecule has 1 aromatic carbocycles. The molecule has 28 heavy (non-hydrogen) atoms. The smallest absolute Gasteiger partial charge is 0.255 e. The highest BCUT2D eigenvalue weighted by atomic mass is 35.5. The summed E-state index contributed by atoms with van der Waals surface area (Å²) in [6, 6.07) is 8.13. The van der Waals surface area contributed by atoms with Crippen LogP contribution in [0.3, 0.4) is 0 Å². The van der Waals surface area contributed by atoms with E-state index in [1.807, 2.05) is 16.8 Å². The third-order valence-electron chi connectivity index (χ3n) is 5.01. The highest BCUT2D eigenvalue weighted by Crippen LogP contribution is 2.30. The number of amides is 1. The van der Waals surface area contributed by atoms with Crippen LogP contribution < -0.4 is 5.32 Å². The Bertz CT molecular complexity index is 983. The van der Waals surface area contributed by atoms with Crippen LogP contribution in [-0.4, -0.2) is 27.2 Å². The number of hydrogen-bond donors (Lipinski definition) is 1. The predicted molar refractivity (Wildman–Crippen MR) is 106 cm³/mol. The summed E-state index contributed by atoms with van der Waals surface area (Å²) in [5.74, 6) is -1.14. The zero-order valence-corrected chi connectivity index (χ0v) is 16.0. The third-order valence-corrected chi connectivity index (χ3v) is 5.32. The zero-order chi connectivity index (χ0) is 19.5. The zero-order valence-electron chi connectivity index (χ0n) is 15.3. The average Bonchev–Trinajstić information content (AvgIpc) is 3.07. The van der Waals surface area contributed by atoms with Gasteiger partial charge in [0.25, 0.3) is 5.91 Å². The van der Waals surface area contributed by atoms with Crippen LogP contribution >= 0.6 is 11.6 Å². The first-order valence-electron chi connectivity index (χ1n) is 9.36. The molecule has 3 aromatic rings. The van der Waals surface area contributed by atoms with E-state index in [1.54, 1.807) is 12.4 Å². The van der Waals surface area contributed by atoms with Crippen LogP contribution in [-0.2, 0) is 19.4 Å². The Morgan fingerprint density at radius 3 is 2.75 bits per heavy atom. The lowest BCUT2D eigenvalue weighted by atomic mass is 9.94. The normalized spacial score (nSPS) is 13.2. The van der Waals surface area contributed by atoms with Crippen LogP contribution in [0.25, 0.3) is 11.3 Å². The summed E-state index contributed by atoms with van der Waals surface area (Å²) in [5, 5.41) is 7.66. The maximum absolute atomic E-state index is 13.9.